The quantitative estimate of drug-likeness (QED) is 0.476. The third-order valence-corrected chi connectivity index (χ3v) is 5.16. The number of rotatable bonds is 7. The first-order chi connectivity index (χ1) is 13.9. The number of aromatic nitrogens is 2. The second-order valence-electron chi connectivity index (χ2n) is 6.34. The van der Waals surface area contributed by atoms with Gasteiger partial charge < -0.3 is 14.2 Å². The van der Waals surface area contributed by atoms with Crippen LogP contribution in [0.1, 0.15) is 26.7 Å². The molecule has 0 saturated carbocycles. The minimum Gasteiger partial charge on any atom is -0.461 e. The van der Waals surface area contributed by atoms with Crippen molar-refractivity contribution in [2.45, 2.75) is 46.1 Å². The van der Waals surface area contributed by atoms with Gasteiger partial charge >= 0.3 is 5.97 Å². The molecule has 3 rings (SSSR count). The van der Waals surface area contributed by atoms with Gasteiger partial charge in [0.1, 0.15) is 16.7 Å². The Bertz CT molecular complexity index is 972. The van der Waals surface area contributed by atoms with E-state index in [9.17, 15) is 14.0 Å². The normalized spacial score (nSPS) is 14.4. The number of fused-ring (bicyclic) bond motifs is 1. The highest BCUT2D eigenvalue weighted by molar-refractivity contribution is 6.33. The van der Waals surface area contributed by atoms with Crippen molar-refractivity contribution in [3.8, 4) is 16.9 Å². The summed E-state index contributed by atoms with van der Waals surface area (Å²) in [6, 6.07) is 2.26. The molecule has 0 aliphatic carbocycles. The van der Waals surface area contributed by atoms with E-state index in [2.05, 4.69) is 0 Å². The van der Waals surface area contributed by atoms with E-state index < -0.39 is 23.6 Å². The monoisotopic (exact) mass is 446 g/mol. The molecule has 0 N–H and O–H groups in total. The molecule has 0 bridgehead atoms. The van der Waals surface area contributed by atoms with Crippen molar-refractivity contribution >= 4 is 29.2 Å². The summed E-state index contributed by atoms with van der Waals surface area (Å²) < 4.78 is 33.6. The van der Waals surface area contributed by atoms with Crippen LogP contribution in [-0.4, -0.2) is 34.8 Å². The lowest BCUT2D eigenvalue weighted by Gasteiger charge is -2.18. The molecule has 0 spiro atoms. The molecule has 1 aromatic heterocycles. The van der Waals surface area contributed by atoms with Gasteiger partial charge in [-0.05, 0) is 38.8 Å². The Morgan fingerprint density at radius 3 is 2.48 bits per heavy atom. The molecule has 29 heavy (non-hydrogen) atoms. The Hall–Kier alpha value is -2.03. The third-order valence-electron chi connectivity index (χ3n) is 4.48. The van der Waals surface area contributed by atoms with Gasteiger partial charge in [0.2, 0.25) is 0 Å². The van der Waals surface area contributed by atoms with Crippen molar-refractivity contribution in [2.75, 3.05) is 13.2 Å². The van der Waals surface area contributed by atoms with Crippen molar-refractivity contribution in [3.63, 3.8) is 0 Å². The molecule has 158 valence electrons. The zero-order valence-corrected chi connectivity index (χ0v) is 17.6. The van der Waals surface area contributed by atoms with Crippen molar-refractivity contribution in [3.05, 3.63) is 38.5 Å². The second kappa shape index (κ2) is 9.19. The lowest BCUT2D eigenvalue weighted by molar-refractivity contribution is -0.176. The van der Waals surface area contributed by atoms with Crippen LogP contribution in [0, 0.1) is 5.82 Å². The molecule has 10 heteroatoms. The smallest absolute Gasteiger partial charge is 0.376 e. The predicted molar refractivity (Wildman–Crippen MR) is 106 cm³/mol. The zero-order chi connectivity index (χ0) is 21.1. The van der Waals surface area contributed by atoms with Crippen LogP contribution in [0.3, 0.4) is 0 Å². The standard InChI is InChI=1S/C19H21Cl2FN2O5/c1-3-27-18(26)19(28-4-2)29-14-9-11(13(22)10-12(14)20)15-16(21)23-7-5-6-8-24(23)17(15)25/h9-10,19H,3-8H2,1-2H3. The number of benzene rings is 1. The summed E-state index contributed by atoms with van der Waals surface area (Å²) in [6.07, 6.45) is 0.335. The van der Waals surface area contributed by atoms with Crippen molar-refractivity contribution in [1.82, 2.24) is 9.36 Å². The maximum Gasteiger partial charge on any atom is 0.376 e. The molecule has 2 heterocycles. The molecule has 0 radical (unpaired) electrons. The minimum absolute atomic E-state index is 0.0247. The molecule has 0 fully saturated rings. The molecule has 1 atom stereocenters. The molecular formula is C19H21Cl2FN2O5. The highest BCUT2D eigenvalue weighted by Gasteiger charge is 2.27. The summed E-state index contributed by atoms with van der Waals surface area (Å²) in [5.74, 6) is -1.50. The fourth-order valence-electron chi connectivity index (χ4n) is 3.19. The highest BCUT2D eigenvalue weighted by atomic mass is 35.5. The van der Waals surface area contributed by atoms with E-state index in [4.69, 9.17) is 37.4 Å². The minimum atomic E-state index is -1.38. The molecule has 0 saturated heterocycles. The molecule has 1 unspecified atom stereocenters. The van der Waals surface area contributed by atoms with Gasteiger partial charge in [-0.3, -0.25) is 9.48 Å². The number of hydrogen-bond acceptors (Lipinski definition) is 5. The predicted octanol–water partition coefficient (Wildman–Crippen LogP) is 3.86. The Balaban J connectivity index is 2.04. The van der Waals surface area contributed by atoms with Gasteiger partial charge in [0.15, 0.2) is 0 Å². The van der Waals surface area contributed by atoms with Crippen LogP contribution in [0.4, 0.5) is 4.39 Å². The van der Waals surface area contributed by atoms with E-state index in [0.717, 1.165) is 18.9 Å². The molecule has 0 amide bonds. The maximum atomic E-state index is 14.7. The molecule has 7 nitrogen and oxygen atoms in total. The molecular weight excluding hydrogens is 426 g/mol. The van der Waals surface area contributed by atoms with Gasteiger partial charge in [0.05, 0.1) is 17.2 Å². The van der Waals surface area contributed by atoms with E-state index >= 15 is 0 Å². The van der Waals surface area contributed by atoms with Crippen LogP contribution in [0.2, 0.25) is 10.2 Å². The summed E-state index contributed by atoms with van der Waals surface area (Å²) in [4.78, 5) is 24.9. The molecule has 1 aliphatic rings. The van der Waals surface area contributed by atoms with Crippen LogP contribution < -0.4 is 10.3 Å². The van der Waals surface area contributed by atoms with Crippen LogP contribution in [0.15, 0.2) is 16.9 Å². The first-order valence-electron chi connectivity index (χ1n) is 9.32. The largest absolute Gasteiger partial charge is 0.461 e. The fraction of sp³-hybridized carbons (Fsp3) is 0.474. The van der Waals surface area contributed by atoms with E-state index in [1.165, 1.54) is 10.7 Å². The van der Waals surface area contributed by atoms with Gasteiger partial charge in [-0.1, -0.05) is 23.2 Å². The van der Waals surface area contributed by atoms with Gasteiger partial charge in [0, 0.05) is 25.3 Å². The third kappa shape index (κ3) is 4.29. The zero-order valence-electron chi connectivity index (χ0n) is 16.0. The van der Waals surface area contributed by atoms with E-state index in [0.29, 0.717) is 13.1 Å². The number of carbonyl (C=O) groups excluding carboxylic acids is 1. The average Bonchev–Trinajstić information content (AvgIpc) is 2.94. The number of esters is 1. The topological polar surface area (TPSA) is 71.7 Å². The van der Waals surface area contributed by atoms with Crippen molar-refractivity contribution in [2.24, 2.45) is 0 Å². The van der Waals surface area contributed by atoms with E-state index in [1.54, 1.807) is 18.5 Å². The molecule has 1 aromatic carbocycles. The lowest BCUT2D eigenvalue weighted by atomic mass is 10.1. The van der Waals surface area contributed by atoms with Crippen LogP contribution >= 0.6 is 23.2 Å². The van der Waals surface area contributed by atoms with Crippen molar-refractivity contribution in [1.29, 1.82) is 0 Å². The number of nitrogens with zero attached hydrogens (tertiary/aromatic N) is 2. The highest BCUT2D eigenvalue weighted by Crippen LogP contribution is 2.36. The number of carbonyl (C=O) groups is 1. The maximum absolute atomic E-state index is 14.7. The van der Waals surface area contributed by atoms with Crippen LogP contribution in [0.5, 0.6) is 5.75 Å². The number of ether oxygens (including phenoxy) is 3. The van der Waals surface area contributed by atoms with Gasteiger partial charge in [0.25, 0.3) is 11.8 Å². The summed E-state index contributed by atoms with van der Waals surface area (Å²) in [5.41, 5.74) is -0.432. The summed E-state index contributed by atoms with van der Waals surface area (Å²) in [7, 11) is 0. The first-order valence-corrected chi connectivity index (χ1v) is 10.1. The first kappa shape index (κ1) is 21.7. The second-order valence-corrected chi connectivity index (χ2v) is 7.11. The Labute approximate surface area is 176 Å². The van der Waals surface area contributed by atoms with E-state index in [-0.39, 0.29) is 40.3 Å². The summed E-state index contributed by atoms with van der Waals surface area (Å²) >= 11 is 12.5. The average molecular weight is 447 g/mol. The van der Waals surface area contributed by atoms with Crippen LogP contribution in [0.25, 0.3) is 11.1 Å². The van der Waals surface area contributed by atoms with E-state index in [1.807, 2.05) is 0 Å². The lowest BCUT2D eigenvalue weighted by Crippen LogP contribution is -2.32. The Morgan fingerprint density at radius 2 is 1.86 bits per heavy atom. The van der Waals surface area contributed by atoms with Gasteiger partial charge in [-0.2, -0.15) is 0 Å². The van der Waals surface area contributed by atoms with Gasteiger partial charge in [-0.25, -0.2) is 13.9 Å². The van der Waals surface area contributed by atoms with Crippen LogP contribution in [-0.2, 0) is 27.4 Å². The SMILES string of the molecule is CCOC(=O)C(OCC)Oc1cc(-c2c(Cl)n3n(c2=O)CCCC3)c(F)cc1Cl. The number of hydrogen-bond donors (Lipinski definition) is 0. The molecule has 2 aromatic rings. The Morgan fingerprint density at radius 1 is 1.17 bits per heavy atom. The Kier molecular flexibility index (Phi) is 6.87. The fourth-order valence-corrected chi connectivity index (χ4v) is 3.74. The number of halogens is 3. The summed E-state index contributed by atoms with van der Waals surface area (Å²) in [5, 5.41) is 0.0640. The van der Waals surface area contributed by atoms with Gasteiger partial charge in [-0.15, -0.1) is 0 Å². The molecule has 1 aliphatic heterocycles. The van der Waals surface area contributed by atoms with Crippen molar-refractivity contribution < 1.29 is 23.4 Å². The summed E-state index contributed by atoms with van der Waals surface area (Å²) in [6.45, 7) is 4.72.